The molecular formula is C32H44ClN5O8S2. The zero-order valence-electron chi connectivity index (χ0n) is 27.7. The number of hydrogen-bond donors (Lipinski definition) is 2. The molecule has 2 N–H and O–H groups in total. The van der Waals surface area contributed by atoms with Gasteiger partial charge in [0, 0.05) is 56.6 Å². The lowest BCUT2D eigenvalue weighted by atomic mass is 10.0. The Bertz CT molecular complexity index is 1770. The van der Waals surface area contributed by atoms with E-state index in [1.54, 1.807) is 24.6 Å². The molecule has 0 saturated carbocycles. The average Bonchev–Trinajstić information content (AvgIpc) is 3.49. The van der Waals surface area contributed by atoms with Crippen molar-refractivity contribution in [3.63, 3.8) is 0 Å². The standard InChI is InChI=1S/C32H44ClN5O8S2/c1-22-17-38(23(2)20-39)32(40)28-16-26(35-47(41,42)27-12-9-25(33)10-13-27)11-14-29(28)46-24(3)8-6-7-15-45-30(22)18-37(5)48(43,44)31-19-36(4)21-34-31/h9-14,16,19,21-24,30,35,39H,6-8,15,17-18,20H2,1-5H3/t22-,23-,24-,30+/m1/s1. The molecule has 2 aromatic carbocycles. The quantitative estimate of drug-likeness (QED) is 0.333. The number of carbonyl (C=O) groups is 1. The van der Waals surface area contributed by atoms with E-state index < -0.39 is 38.1 Å². The summed E-state index contributed by atoms with van der Waals surface area (Å²) in [5.41, 5.74) is 0.247. The van der Waals surface area contributed by atoms with E-state index in [2.05, 4.69) is 9.71 Å². The molecule has 0 unspecified atom stereocenters. The maximum atomic E-state index is 14.3. The van der Waals surface area contributed by atoms with Crippen molar-refractivity contribution >= 4 is 43.2 Å². The summed E-state index contributed by atoms with van der Waals surface area (Å²) in [6.45, 7) is 5.55. The summed E-state index contributed by atoms with van der Waals surface area (Å²) in [7, 11) is -4.78. The second kappa shape index (κ2) is 16.0. The topological polar surface area (TPSA) is 160 Å². The molecule has 0 bridgehead atoms. The number of carbonyl (C=O) groups excluding carboxylic acids is 1. The van der Waals surface area contributed by atoms with Gasteiger partial charge in [0.1, 0.15) is 5.75 Å². The van der Waals surface area contributed by atoms with E-state index in [0.29, 0.717) is 24.5 Å². The number of hydrogen-bond acceptors (Lipinski definition) is 9. The lowest BCUT2D eigenvalue weighted by Crippen LogP contribution is -2.48. The number of benzene rings is 2. The summed E-state index contributed by atoms with van der Waals surface area (Å²) >= 11 is 5.94. The molecule has 2 heterocycles. The Morgan fingerprint density at radius 1 is 1.12 bits per heavy atom. The number of anilines is 1. The second-order valence-electron chi connectivity index (χ2n) is 12.2. The number of aromatic nitrogens is 2. The van der Waals surface area contributed by atoms with E-state index in [1.165, 1.54) is 65.2 Å². The van der Waals surface area contributed by atoms with E-state index in [1.807, 2.05) is 13.8 Å². The van der Waals surface area contributed by atoms with Crippen molar-refractivity contribution in [3.05, 3.63) is 65.6 Å². The first-order valence-corrected chi connectivity index (χ1v) is 19.0. The number of likely N-dealkylation sites (N-methyl/N-ethyl adjacent to an activating group) is 1. The Hall–Kier alpha value is -3.21. The summed E-state index contributed by atoms with van der Waals surface area (Å²) in [6, 6.07) is 9.55. The van der Waals surface area contributed by atoms with Crippen molar-refractivity contribution < 1.29 is 36.2 Å². The Morgan fingerprint density at radius 3 is 2.48 bits per heavy atom. The Kier molecular flexibility index (Phi) is 12.5. The monoisotopic (exact) mass is 725 g/mol. The number of aryl methyl sites for hydroxylation is 1. The highest BCUT2D eigenvalue weighted by atomic mass is 35.5. The van der Waals surface area contributed by atoms with Crippen molar-refractivity contribution in [2.75, 3.05) is 38.1 Å². The number of imidazole rings is 1. The maximum absolute atomic E-state index is 14.3. The number of aliphatic hydroxyl groups is 1. The molecule has 4 atom stereocenters. The summed E-state index contributed by atoms with van der Waals surface area (Å²) in [5.74, 6) is -0.610. The van der Waals surface area contributed by atoms with Crippen LogP contribution in [0.5, 0.6) is 5.75 Å². The van der Waals surface area contributed by atoms with Crippen LogP contribution in [-0.4, -0.2) is 98.2 Å². The van der Waals surface area contributed by atoms with Gasteiger partial charge < -0.3 is 24.0 Å². The number of fused-ring (bicyclic) bond motifs is 1. The fraction of sp³-hybridized carbons (Fsp3) is 0.500. The molecule has 13 nitrogen and oxygen atoms in total. The van der Waals surface area contributed by atoms with Crippen LogP contribution in [-0.2, 0) is 31.8 Å². The van der Waals surface area contributed by atoms with Gasteiger partial charge in [0.2, 0.25) is 0 Å². The third-order valence-electron chi connectivity index (χ3n) is 8.22. The number of halogens is 1. The van der Waals surface area contributed by atoms with Crippen LogP contribution >= 0.6 is 11.6 Å². The normalized spacial score (nSPS) is 20.9. The van der Waals surface area contributed by atoms with Crippen molar-refractivity contribution in [2.24, 2.45) is 13.0 Å². The van der Waals surface area contributed by atoms with E-state index in [-0.39, 0.29) is 58.6 Å². The maximum Gasteiger partial charge on any atom is 0.261 e. The van der Waals surface area contributed by atoms with Crippen LogP contribution in [0, 0.1) is 5.92 Å². The highest BCUT2D eigenvalue weighted by Crippen LogP contribution is 2.30. The molecule has 1 amide bonds. The van der Waals surface area contributed by atoms with Crippen molar-refractivity contribution in [1.82, 2.24) is 18.8 Å². The van der Waals surface area contributed by atoms with Crippen molar-refractivity contribution in [1.29, 1.82) is 0 Å². The van der Waals surface area contributed by atoms with E-state index >= 15 is 0 Å². The molecular weight excluding hydrogens is 682 g/mol. The fourth-order valence-corrected chi connectivity index (χ4v) is 7.63. The summed E-state index contributed by atoms with van der Waals surface area (Å²) in [5, 5.41) is 10.5. The molecule has 0 fully saturated rings. The van der Waals surface area contributed by atoms with Crippen LogP contribution < -0.4 is 9.46 Å². The van der Waals surface area contributed by atoms with Gasteiger partial charge in [-0.05, 0) is 75.6 Å². The van der Waals surface area contributed by atoms with E-state index in [9.17, 15) is 26.7 Å². The minimum Gasteiger partial charge on any atom is -0.490 e. The molecule has 4 rings (SSSR count). The summed E-state index contributed by atoms with van der Waals surface area (Å²) < 4.78 is 70.7. The fourth-order valence-electron chi connectivity index (χ4n) is 5.31. The summed E-state index contributed by atoms with van der Waals surface area (Å²) in [4.78, 5) is 19.8. The molecule has 16 heteroatoms. The number of nitrogens with zero attached hydrogens (tertiary/aromatic N) is 4. The van der Waals surface area contributed by atoms with Gasteiger partial charge in [-0.2, -0.15) is 4.31 Å². The van der Waals surface area contributed by atoms with Crippen LogP contribution in [0.25, 0.3) is 0 Å². The Morgan fingerprint density at radius 2 is 1.83 bits per heavy atom. The molecule has 0 radical (unpaired) electrons. The van der Waals surface area contributed by atoms with Gasteiger partial charge >= 0.3 is 0 Å². The minimum atomic E-state index is -4.02. The number of amides is 1. The Balaban J connectivity index is 1.68. The average molecular weight is 726 g/mol. The molecule has 0 saturated heterocycles. The van der Waals surface area contributed by atoms with Crippen molar-refractivity contribution in [2.45, 2.75) is 68.2 Å². The zero-order chi connectivity index (χ0) is 35.2. The lowest BCUT2D eigenvalue weighted by Gasteiger charge is -2.35. The van der Waals surface area contributed by atoms with Crippen LogP contribution in [0.15, 0.2) is 64.9 Å². The largest absolute Gasteiger partial charge is 0.490 e. The van der Waals surface area contributed by atoms with Gasteiger partial charge in [-0.1, -0.05) is 18.5 Å². The number of ether oxygens (including phenoxy) is 2. The third kappa shape index (κ3) is 9.27. The molecule has 3 aromatic rings. The van der Waals surface area contributed by atoms with Gasteiger partial charge in [-0.25, -0.2) is 21.8 Å². The first-order valence-electron chi connectivity index (χ1n) is 15.7. The van der Waals surface area contributed by atoms with E-state index in [0.717, 1.165) is 6.42 Å². The van der Waals surface area contributed by atoms with Gasteiger partial charge in [-0.3, -0.25) is 9.52 Å². The number of rotatable bonds is 9. The predicted octanol–water partition coefficient (Wildman–Crippen LogP) is 3.99. The third-order valence-corrected chi connectivity index (χ3v) is 11.6. The van der Waals surface area contributed by atoms with Crippen LogP contribution in [0.4, 0.5) is 5.69 Å². The molecule has 48 heavy (non-hydrogen) atoms. The number of sulfonamides is 2. The Labute approximate surface area is 287 Å². The highest BCUT2D eigenvalue weighted by molar-refractivity contribution is 7.92. The first kappa shape index (κ1) is 37.6. The van der Waals surface area contributed by atoms with Gasteiger partial charge in [-0.15, -0.1) is 0 Å². The second-order valence-corrected chi connectivity index (χ2v) is 16.3. The van der Waals surface area contributed by atoms with Gasteiger partial charge in [0.15, 0.2) is 5.03 Å². The molecule has 1 aliphatic heterocycles. The predicted molar refractivity (Wildman–Crippen MR) is 182 cm³/mol. The number of nitrogens with one attached hydrogen (secondary N) is 1. The first-order chi connectivity index (χ1) is 22.6. The van der Waals surface area contributed by atoms with Crippen LogP contribution in [0.1, 0.15) is 50.4 Å². The zero-order valence-corrected chi connectivity index (χ0v) is 30.1. The molecule has 0 spiro atoms. The molecule has 0 aliphatic carbocycles. The molecule has 264 valence electrons. The number of aliphatic hydroxyl groups excluding tert-OH is 1. The molecule has 1 aromatic heterocycles. The summed E-state index contributed by atoms with van der Waals surface area (Å²) in [6.07, 6.45) is 4.04. The van der Waals surface area contributed by atoms with Crippen molar-refractivity contribution in [3.8, 4) is 5.75 Å². The van der Waals surface area contributed by atoms with E-state index in [4.69, 9.17) is 21.1 Å². The minimum absolute atomic E-state index is 0.00232. The van der Waals surface area contributed by atoms with Crippen LogP contribution in [0.2, 0.25) is 5.02 Å². The van der Waals surface area contributed by atoms with Gasteiger partial charge in [0.05, 0.1) is 41.6 Å². The molecule has 1 aliphatic rings. The highest BCUT2D eigenvalue weighted by Gasteiger charge is 2.33. The SMILES string of the molecule is C[C@@H]1CCCCO[C@@H](CN(C)S(=O)(=O)c2cn(C)cn2)[C@H](C)CN([C@H](C)CO)C(=O)c2cc(NS(=O)(=O)c3ccc(Cl)cc3)ccc2O1. The van der Waals surface area contributed by atoms with Crippen LogP contribution in [0.3, 0.4) is 0 Å². The van der Waals surface area contributed by atoms with Gasteiger partial charge in [0.25, 0.3) is 26.0 Å². The smallest absolute Gasteiger partial charge is 0.261 e. The lowest BCUT2D eigenvalue weighted by molar-refractivity contribution is -0.00835.